The van der Waals surface area contributed by atoms with E-state index in [2.05, 4.69) is 3.07 Å². The van der Waals surface area contributed by atoms with E-state index >= 15 is 0 Å². The molecule has 0 aliphatic carbocycles. The third-order valence-electron chi connectivity index (χ3n) is 5.71. The van der Waals surface area contributed by atoms with Crippen molar-refractivity contribution in [1.29, 1.82) is 0 Å². The first kappa shape index (κ1) is 30.6. The van der Waals surface area contributed by atoms with Crippen molar-refractivity contribution >= 4 is 107 Å². The summed E-state index contributed by atoms with van der Waals surface area (Å²) in [4.78, 5) is 45.4. The van der Waals surface area contributed by atoms with Gasteiger partial charge in [0, 0.05) is 0 Å². The Bertz CT molecular complexity index is 1640. The average Bonchev–Trinajstić information content (AvgIpc) is 3.72. The summed E-state index contributed by atoms with van der Waals surface area (Å²) in [5, 5.41) is 0. The maximum absolute atomic E-state index is 12.9. The van der Waals surface area contributed by atoms with Gasteiger partial charge in [-0.15, -0.1) is 0 Å². The van der Waals surface area contributed by atoms with Gasteiger partial charge in [-0.25, -0.2) is 0 Å². The zero-order valence-electron chi connectivity index (χ0n) is 21.2. The van der Waals surface area contributed by atoms with Crippen LogP contribution in [0.5, 0.6) is 0 Å². The van der Waals surface area contributed by atoms with E-state index in [1.165, 1.54) is 0 Å². The van der Waals surface area contributed by atoms with Crippen molar-refractivity contribution in [3.63, 3.8) is 0 Å². The van der Waals surface area contributed by atoms with E-state index in [0.29, 0.717) is 29.4 Å². The van der Waals surface area contributed by atoms with Gasteiger partial charge in [-0.05, 0) is 0 Å². The van der Waals surface area contributed by atoms with E-state index in [1.54, 1.807) is 72.8 Å². The summed E-state index contributed by atoms with van der Waals surface area (Å²) in [5.41, 5.74) is 2.06. The molecule has 0 unspecified atom stereocenters. The molecule has 0 radical (unpaired) electrons. The van der Waals surface area contributed by atoms with Gasteiger partial charge in [-0.2, -0.15) is 0 Å². The Labute approximate surface area is 276 Å². The molecule has 4 aromatic carbocycles. The summed E-state index contributed by atoms with van der Waals surface area (Å²) in [6.45, 7) is 0. The SMILES string of the molecule is O=C1OI(F)c2ccccc21.O=C1OI(O)c2ccccc21.O=C1OI(OI2OC(=O)c3ccccc32)c2ccccc21. The minimum absolute atomic E-state index is 0.342. The molecule has 0 atom stereocenters. The van der Waals surface area contributed by atoms with Gasteiger partial charge in [0.1, 0.15) is 0 Å². The second-order valence-electron chi connectivity index (χ2n) is 8.31. The van der Waals surface area contributed by atoms with Crippen LogP contribution < -0.4 is 0 Å². The van der Waals surface area contributed by atoms with Crippen LogP contribution >= 0.6 is 82.8 Å². The van der Waals surface area contributed by atoms with Crippen LogP contribution in [0.3, 0.4) is 0 Å². The Balaban J connectivity index is 0.000000126. The van der Waals surface area contributed by atoms with Gasteiger partial charge in [0.25, 0.3) is 0 Å². The van der Waals surface area contributed by atoms with Crippen LogP contribution in [-0.2, 0) is 13.7 Å². The number of hydrogen-bond donors (Lipinski definition) is 1. The third kappa shape index (κ3) is 6.36. The van der Waals surface area contributed by atoms with Crippen LogP contribution in [-0.4, -0.2) is 27.3 Å². The molecule has 0 aromatic heterocycles. The molecule has 0 saturated heterocycles. The summed E-state index contributed by atoms with van der Waals surface area (Å²) >= 11 is -10.6. The zero-order chi connectivity index (χ0) is 30.1. The van der Waals surface area contributed by atoms with Gasteiger partial charge < -0.3 is 0 Å². The number of carbonyl (C=O) groups is 4. The number of rotatable bonds is 2. The molecular formula is C28H17FI4O10. The number of fused-ring (bicyclic) bond motifs is 4. The standard InChI is InChI=1S/C14H8I2O5.C7H4FIO2.C7H5IO3/c17-13-9-5-1-3-7-11(9)15(19-13)21-16-12-8-4-2-6-10(12)14(18)20-16;8-9-6-4-2-1-3-5(6)7(10)11-9;9-7-5-3-1-2-4-6(5)8(10)11-7/h1-8H;1-4H;1-4,10H. The number of halogens is 5. The van der Waals surface area contributed by atoms with E-state index in [4.69, 9.17) is 10.6 Å². The first-order valence-electron chi connectivity index (χ1n) is 11.9. The number of benzene rings is 4. The average molecular weight is 1040 g/mol. The molecule has 10 nitrogen and oxygen atoms in total. The van der Waals surface area contributed by atoms with Crippen molar-refractivity contribution in [2.24, 2.45) is 0 Å². The molecule has 0 bridgehead atoms. The van der Waals surface area contributed by atoms with Crippen molar-refractivity contribution in [3.05, 3.63) is 134 Å². The molecule has 0 spiro atoms. The topological polar surface area (TPSA) is 135 Å². The minimum atomic E-state index is -3.02. The summed E-state index contributed by atoms with van der Waals surface area (Å²) in [6.07, 6.45) is 0. The Morgan fingerprint density at radius 3 is 1.30 bits per heavy atom. The fourth-order valence-electron chi connectivity index (χ4n) is 3.77. The van der Waals surface area contributed by atoms with Crippen molar-refractivity contribution in [2.75, 3.05) is 0 Å². The molecule has 224 valence electrons. The molecule has 4 aliphatic heterocycles. The van der Waals surface area contributed by atoms with Gasteiger partial charge in [0.05, 0.1) is 0 Å². The predicted octanol–water partition coefficient (Wildman–Crippen LogP) is 7.44. The fraction of sp³-hybridized carbons (Fsp3) is 0. The Kier molecular flexibility index (Phi) is 9.42. The van der Waals surface area contributed by atoms with Gasteiger partial charge in [0.2, 0.25) is 0 Å². The van der Waals surface area contributed by atoms with Gasteiger partial charge in [0.15, 0.2) is 0 Å². The van der Waals surface area contributed by atoms with E-state index < -0.39 is 88.7 Å². The number of carbonyl (C=O) groups excluding carboxylic acids is 4. The maximum atomic E-state index is 12.9. The van der Waals surface area contributed by atoms with E-state index in [0.717, 1.165) is 7.14 Å². The molecule has 1 N–H and O–H groups in total. The summed E-state index contributed by atoms with van der Waals surface area (Å²) in [5.74, 6) is -1.57. The van der Waals surface area contributed by atoms with Crippen LogP contribution in [0.1, 0.15) is 41.4 Å². The number of hydrogen-bond acceptors (Lipinski definition) is 10. The van der Waals surface area contributed by atoms with Crippen molar-refractivity contribution in [3.8, 4) is 0 Å². The monoisotopic (exact) mass is 1040 g/mol. The van der Waals surface area contributed by atoms with Crippen LogP contribution in [0.25, 0.3) is 0 Å². The Morgan fingerprint density at radius 1 is 0.488 bits per heavy atom. The van der Waals surface area contributed by atoms with E-state index in [9.17, 15) is 25.5 Å². The van der Waals surface area contributed by atoms with Gasteiger partial charge in [-0.3, -0.25) is 0 Å². The van der Waals surface area contributed by atoms with Crippen LogP contribution in [0.4, 0.5) is 2.86 Å². The molecule has 0 amide bonds. The molecule has 0 fully saturated rings. The summed E-state index contributed by atoms with van der Waals surface area (Å²) in [6, 6.07) is 28.1. The van der Waals surface area contributed by atoms with Crippen molar-refractivity contribution in [2.45, 2.75) is 0 Å². The molecule has 15 heteroatoms. The van der Waals surface area contributed by atoms with Gasteiger partial charge in [-0.1, -0.05) is 0 Å². The summed E-state index contributed by atoms with van der Waals surface area (Å²) < 4.78 is 51.0. The molecule has 43 heavy (non-hydrogen) atoms. The van der Waals surface area contributed by atoms with Crippen molar-refractivity contribution < 1.29 is 39.1 Å². The third-order valence-corrected chi connectivity index (χ3v) is 21.1. The molecule has 0 saturated carbocycles. The van der Waals surface area contributed by atoms with Crippen molar-refractivity contribution in [1.82, 2.24) is 0 Å². The van der Waals surface area contributed by atoms with E-state index in [-0.39, 0.29) is 17.9 Å². The second kappa shape index (κ2) is 13.3. The van der Waals surface area contributed by atoms with Gasteiger partial charge >= 0.3 is 279 Å². The molecule has 4 aliphatic rings. The summed E-state index contributed by atoms with van der Waals surface area (Å²) in [7, 11) is 0. The second-order valence-corrected chi connectivity index (χ2v) is 22.3. The Morgan fingerprint density at radius 2 is 0.837 bits per heavy atom. The molecule has 8 rings (SSSR count). The zero-order valence-corrected chi connectivity index (χ0v) is 29.9. The normalized spacial score (nSPS) is 18.5. The molecule has 4 heterocycles. The van der Waals surface area contributed by atoms with Crippen LogP contribution in [0.2, 0.25) is 0 Å². The fourth-order valence-corrected chi connectivity index (χ4v) is 18.6. The first-order valence-corrected chi connectivity index (χ1v) is 23.3. The first-order chi connectivity index (χ1) is 20.8. The van der Waals surface area contributed by atoms with Crippen LogP contribution in [0, 0.1) is 14.3 Å². The molecule has 4 aromatic rings. The predicted molar refractivity (Wildman–Crippen MR) is 183 cm³/mol. The Hall–Kier alpha value is -2.47. The molecular weight excluding hydrogens is 1020 g/mol. The quantitative estimate of drug-likeness (QED) is 0.202. The van der Waals surface area contributed by atoms with Crippen LogP contribution in [0.15, 0.2) is 97.1 Å². The van der Waals surface area contributed by atoms with E-state index in [1.807, 2.05) is 24.3 Å².